The van der Waals surface area contributed by atoms with E-state index in [-0.39, 0.29) is 11.8 Å². The third kappa shape index (κ3) is 5.86. The van der Waals surface area contributed by atoms with Crippen LogP contribution in [0.4, 0.5) is 11.6 Å². The van der Waals surface area contributed by atoms with Crippen molar-refractivity contribution in [3.63, 3.8) is 0 Å². The maximum absolute atomic E-state index is 12.6. The van der Waals surface area contributed by atoms with E-state index in [0.717, 1.165) is 57.8 Å². The van der Waals surface area contributed by atoms with Crippen LogP contribution in [-0.2, 0) is 9.53 Å². The number of hydrogen-bond acceptors (Lipinski definition) is 6. The van der Waals surface area contributed by atoms with Crippen molar-refractivity contribution in [3.05, 3.63) is 34.4 Å². The molecule has 2 aromatic heterocycles. The highest BCUT2D eigenvalue weighted by Crippen LogP contribution is 2.34. The Morgan fingerprint density at radius 2 is 2.00 bits per heavy atom. The molecule has 9 heteroatoms. The lowest BCUT2D eigenvalue weighted by Gasteiger charge is -2.22. The summed E-state index contributed by atoms with van der Waals surface area (Å²) in [6.07, 6.45) is 5.47. The van der Waals surface area contributed by atoms with E-state index in [1.165, 1.54) is 6.20 Å². The van der Waals surface area contributed by atoms with Crippen molar-refractivity contribution in [3.8, 4) is 11.3 Å². The Bertz CT molecular complexity index is 915. The van der Waals surface area contributed by atoms with Gasteiger partial charge >= 0.3 is 0 Å². The SMILES string of the molecule is O=C(Nc1cc(-c2nc(NCC3CCOCC3)ccc2Cl)c(Cl)cn1)[C@H]1CCCNC1. The van der Waals surface area contributed by atoms with E-state index in [4.69, 9.17) is 27.9 Å². The molecule has 4 heterocycles. The number of nitrogens with zero attached hydrogens (tertiary/aromatic N) is 2. The highest BCUT2D eigenvalue weighted by molar-refractivity contribution is 6.36. The maximum Gasteiger partial charge on any atom is 0.229 e. The molecule has 0 aliphatic carbocycles. The highest BCUT2D eigenvalue weighted by atomic mass is 35.5. The van der Waals surface area contributed by atoms with Crippen molar-refractivity contribution < 1.29 is 9.53 Å². The van der Waals surface area contributed by atoms with Gasteiger partial charge in [0.25, 0.3) is 0 Å². The van der Waals surface area contributed by atoms with Crippen LogP contribution in [0.15, 0.2) is 24.4 Å². The predicted octanol–water partition coefficient (Wildman–Crippen LogP) is 4.23. The Morgan fingerprint density at radius 3 is 2.77 bits per heavy atom. The molecule has 0 spiro atoms. The number of rotatable bonds is 6. The van der Waals surface area contributed by atoms with Crippen LogP contribution < -0.4 is 16.0 Å². The Labute approximate surface area is 192 Å². The molecule has 0 unspecified atom stereocenters. The van der Waals surface area contributed by atoms with Crippen LogP contribution in [0.5, 0.6) is 0 Å². The van der Waals surface area contributed by atoms with Gasteiger partial charge in [0.2, 0.25) is 5.91 Å². The van der Waals surface area contributed by atoms with Gasteiger partial charge in [-0.15, -0.1) is 0 Å². The molecule has 31 heavy (non-hydrogen) atoms. The first-order valence-corrected chi connectivity index (χ1v) is 11.5. The number of nitrogens with one attached hydrogen (secondary N) is 3. The van der Waals surface area contributed by atoms with Gasteiger partial charge in [0, 0.05) is 38.1 Å². The number of ether oxygens (including phenoxy) is 1. The Hall–Kier alpha value is -1.93. The molecule has 1 amide bonds. The van der Waals surface area contributed by atoms with Crippen molar-refractivity contribution in [2.45, 2.75) is 25.7 Å². The van der Waals surface area contributed by atoms with Crippen LogP contribution in [-0.4, -0.2) is 48.7 Å². The number of pyridine rings is 2. The van der Waals surface area contributed by atoms with Gasteiger partial charge in [-0.25, -0.2) is 9.97 Å². The molecule has 2 saturated heterocycles. The fourth-order valence-electron chi connectivity index (χ4n) is 3.92. The van der Waals surface area contributed by atoms with Gasteiger partial charge in [-0.1, -0.05) is 23.2 Å². The fraction of sp³-hybridized carbons (Fsp3) is 0.500. The predicted molar refractivity (Wildman–Crippen MR) is 124 cm³/mol. The minimum atomic E-state index is -0.0610. The number of carbonyl (C=O) groups is 1. The smallest absolute Gasteiger partial charge is 0.229 e. The van der Waals surface area contributed by atoms with Gasteiger partial charge < -0.3 is 20.7 Å². The van der Waals surface area contributed by atoms with Crippen LogP contribution in [0.2, 0.25) is 10.0 Å². The fourth-order valence-corrected chi connectivity index (χ4v) is 4.32. The Kier molecular flexibility index (Phi) is 7.61. The number of carbonyl (C=O) groups excluding carboxylic acids is 1. The van der Waals surface area contributed by atoms with Crippen molar-refractivity contribution in [1.82, 2.24) is 15.3 Å². The Balaban J connectivity index is 1.49. The highest BCUT2D eigenvalue weighted by Gasteiger charge is 2.22. The zero-order valence-electron chi connectivity index (χ0n) is 17.3. The van der Waals surface area contributed by atoms with Gasteiger partial charge in [-0.05, 0) is 56.3 Å². The lowest BCUT2D eigenvalue weighted by molar-refractivity contribution is -0.120. The molecule has 3 N–H and O–H groups in total. The second-order valence-electron chi connectivity index (χ2n) is 8.05. The first-order chi connectivity index (χ1) is 15.1. The first-order valence-electron chi connectivity index (χ1n) is 10.8. The van der Waals surface area contributed by atoms with E-state index in [9.17, 15) is 4.79 Å². The summed E-state index contributed by atoms with van der Waals surface area (Å²) in [6.45, 7) is 4.09. The van der Waals surface area contributed by atoms with E-state index < -0.39 is 0 Å². The second-order valence-corrected chi connectivity index (χ2v) is 8.86. The normalized spacial score (nSPS) is 19.7. The van der Waals surface area contributed by atoms with Gasteiger partial charge in [0.15, 0.2) is 0 Å². The van der Waals surface area contributed by atoms with Gasteiger partial charge in [0.05, 0.1) is 21.7 Å². The molecule has 2 fully saturated rings. The summed E-state index contributed by atoms with van der Waals surface area (Å²) in [7, 11) is 0. The van der Waals surface area contributed by atoms with Crippen molar-refractivity contribution >= 4 is 40.7 Å². The molecule has 4 rings (SSSR count). The topological polar surface area (TPSA) is 88.2 Å². The third-order valence-corrected chi connectivity index (χ3v) is 6.39. The van der Waals surface area contributed by atoms with Crippen LogP contribution >= 0.6 is 23.2 Å². The third-order valence-electron chi connectivity index (χ3n) is 5.79. The number of anilines is 2. The monoisotopic (exact) mass is 463 g/mol. The minimum absolute atomic E-state index is 0.0427. The molecule has 2 aliphatic heterocycles. The molecule has 166 valence electrons. The van der Waals surface area contributed by atoms with E-state index in [1.54, 1.807) is 12.1 Å². The quantitative estimate of drug-likeness (QED) is 0.593. The van der Waals surface area contributed by atoms with Crippen LogP contribution in [0.1, 0.15) is 25.7 Å². The van der Waals surface area contributed by atoms with Crippen molar-refractivity contribution in [2.24, 2.45) is 11.8 Å². The summed E-state index contributed by atoms with van der Waals surface area (Å²) >= 11 is 12.9. The maximum atomic E-state index is 12.6. The second kappa shape index (κ2) is 10.6. The molecular weight excluding hydrogens is 437 g/mol. The minimum Gasteiger partial charge on any atom is -0.381 e. The van der Waals surface area contributed by atoms with E-state index in [2.05, 4.69) is 25.9 Å². The van der Waals surface area contributed by atoms with E-state index >= 15 is 0 Å². The number of halogens is 2. The molecule has 2 aromatic rings. The first kappa shape index (κ1) is 22.3. The molecule has 2 aliphatic rings. The molecule has 7 nitrogen and oxygen atoms in total. The van der Waals surface area contributed by atoms with Crippen molar-refractivity contribution in [2.75, 3.05) is 43.5 Å². The van der Waals surface area contributed by atoms with Crippen LogP contribution in [0.3, 0.4) is 0 Å². The lowest BCUT2D eigenvalue weighted by atomic mass is 9.99. The molecule has 0 radical (unpaired) electrons. The van der Waals surface area contributed by atoms with Crippen molar-refractivity contribution in [1.29, 1.82) is 0 Å². The summed E-state index contributed by atoms with van der Waals surface area (Å²) in [6, 6.07) is 5.39. The summed E-state index contributed by atoms with van der Waals surface area (Å²) in [4.78, 5) is 21.5. The summed E-state index contributed by atoms with van der Waals surface area (Å²) in [5, 5.41) is 10.5. The molecule has 0 bridgehead atoms. The number of amides is 1. The van der Waals surface area contributed by atoms with Gasteiger partial charge in [0.1, 0.15) is 11.6 Å². The number of aromatic nitrogens is 2. The van der Waals surface area contributed by atoms with E-state index in [0.29, 0.717) is 39.6 Å². The summed E-state index contributed by atoms with van der Waals surface area (Å²) < 4.78 is 5.42. The molecule has 0 aromatic carbocycles. The standard InChI is InChI=1S/C22H27Cl2N5O2/c23-17-3-4-19(26-11-14-5-8-31-9-6-14)28-21(17)16-10-20(27-13-18(16)24)29-22(30)15-2-1-7-25-12-15/h3-4,10,13-15,25H,1-2,5-9,11-12H2,(H,26,28)(H,27,29,30)/t15-/m0/s1. The van der Waals surface area contributed by atoms with Gasteiger partial charge in [-0.2, -0.15) is 0 Å². The van der Waals surface area contributed by atoms with Crippen LogP contribution in [0, 0.1) is 11.8 Å². The average Bonchev–Trinajstić information content (AvgIpc) is 2.81. The largest absolute Gasteiger partial charge is 0.381 e. The zero-order valence-corrected chi connectivity index (χ0v) is 18.8. The van der Waals surface area contributed by atoms with Crippen LogP contribution in [0.25, 0.3) is 11.3 Å². The molecule has 1 atom stereocenters. The van der Waals surface area contributed by atoms with E-state index in [1.807, 2.05) is 6.07 Å². The zero-order chi connectivity index (χ0) is 21.6. The summed E-state index contributed by atoms with van der Waals surface area (Å²) in [5.74, 6) is 1.63. The number of hydrogen-bond donors (Lipinski definition) is 3. The molecular formula is C22H27Cl2N5O2. The summed E-state index contributed by atoms with van der Waals surface area (Å²) in [5.41, 5.74) is 1.19. The molecule has 0 saturated carbocycles. The lowest BCUT2D eigenvalue weighted by Crippen LogP contribution is -2.37. The average molecular weight is 464 g/mol. The number of piperidine rings is 1. The van der Waals surface area contributed by atoms with Gasteiger partial charge in [-0.3, -0.25) is 4.79 Å². The Morgan fingerprint density at radius 1 is 1.16 bits per heavy atom.